The smallest absolute Gasteiger partial charge is 0.136 e. The number of halogens is 2. The molecule has 2 unspecified atom stereocenters. The lowest BCUT2D eigenvalue weighted by Crippen LogP contribution is -2.23. The summed E-state index contributed by atoms with van der Waals surface area (Å²) in [5.74, 6) is -0.390. The van der Waals surface area contributed by atoms with Gasteiger partial charge in [0, 0.05) is 35.0 Å². The Hall–Kier alpha value is -2.70. The Morgan fingerprint density at radius 3 is 1.50 bits per heavy atom. The summed E-state index contributed by atoms with van der Waals surface area (Å²) in [6.45, 7) is 4.05. The molecule has 0 fully saturated rings. The van der Waals surface area contributed by atoms with Gasteiger partial charge in [0.15, 0.2) is 0 Å². The molecule has 2 atom stereocenters. The molecule has 30 heavy (non-hydrogen) atoms. The first-order valence-corrected chi connectivity index (χ1v) is 10.1. The predicted octanol–water partition coefficient (Wildman–Crippen LogP) is 5.44. The molecular weight excluding hydrogens is 386 g/mol. The van der Waals surface area contributed by atoms with E-state index in [-0.39, 0.29) is 23.7 Å². The highest BCUT2D eigenvalue weighted by molar-refractivity contribution is 5.78. The average Bonchev–Trinajstić information content (AvgIpc) is 3.37. The molecule has 2 aromatic heterocycles. The van der Waals surface area contributed by atoms with Crippen molar-refractivity contribution >= 4 is 21.9 Å². The van der Waals surface area contributed by atoms with E-state index in [1.165, 1.54) is 12.1 Å². The largest absolute Gasteiger partial charge is 0.464 e. The maximum Gasteiger partial charge on any atom is 0.136 e. The van der Waals surface area contributed by atoms with Gasteiger partial charge in [0.1, 0.15) is 22.8 Å². The molecule has 2 aromatic carbocycles. The molecule has 0 aliphatic rings. The van der Waals surface area contributed by atoms with Gasteiger partial charge in [-0.1, -0.05) is 0 Å². The molecule has 4 rings (SSSR count). The molecule has 0 bridgehead atoms. The first-order valence-electron chi connectivity index (χ1n) is 10.1. The lowest BCUT2D eigenvalue weighted by atomic mass is 10.0. The van der Waals surface area contributed by atoms with E-state index in [0.29, 0.717) is 24.0 Å². The van der Waals surface area contributed by atoms with Crippen molar-refractivity contribution in [2.24, 2.45) is 0 Å². The van der Waals surface area contributed by atoms with Crippen LogP contribution in [-0.2, 0) is 12.8 Å². The quantitative estimate of drug-likeness (QED) is 0.441. The number of hydrogen-bond acceptors (Lipinski definition) is 4. The summed E-state index contributed by atoms with van der Waals surface area (Å²) in [6.07, 6.45) is 4.53. The van der Waals surface area contributed by atoms with Crippen molar-refractivity contribution < 1.29 is 17.6 Å². The number of likely N-dealkylation sites (N-methyl/N-ethyl adjacent to an activating group) is 2. The van der Waals surface area contributed by atoms with E-state index in [9.17, 15) is 8.78 Å². The highest BCUT2D eigenvalue weighted by atomic mass is 19.1. The lowest BCUT2D eigenvalue weighted by Gasteiger charge is -2.10. The van der Waals surface area contributed by atoms with Gasteiger partial charge in [0.05, 0.1) is 12.5 Å². The molecule has 6 heteroatoms. The number of nitrogens with one attached hydrogen (secondary N) is 2. The average molecular weight is 414 g/mol. The molecule has 2 N–H and O–H groups in total. The fourth-order valence-electron chi connectivity index (χ4n) is 3.24. The molecule has 0 amide bonds. The molecule has 0 saturated carbocycles. The summed E-state index contributed by atoms with van der Waals surface area (Å²) in [5.41, 5.74) is 2.67. The van der Waals surface area contributed by atoms with Crippen molar-refractivity contribution in [1.29, 1.82) is 0 Å². The lowest BCUT2D eigenvalue weighted by molar-refractivity contribution is 0.560. The van der Waals surface area contributed by atoms with Crippen LogP contribution < -0.4 is 10.6 Å². The number of benzene rings is 2. The third-order valence-corrected chi connectivity index (χ3v) is 5.28. The Morgan fingerprint density at radius 1 is 0.733 bits per heavy atom. The summed E-state index contributed by atoms with van der Waals surface area (Å²) in [4.78, 5) is 0. The van der Waals surface area contributed by atoms with Crippen LogP contribution in [0.5, 0.6) is 0 Å². The van der Waals surface area contributed by atoms with E-state index in [0.717, 1.165) is 21.9 Å². The summed E-state index contributed by atoms with van der Waals surface area (Å²) in [7, 11) is 3.75. The highest BCUT2D eigenvalue weighted by Crippen LogP contribution is 2.22. The van der Waals surface area contributed by atoms with Crippen LogP contribution >= 0.6 is 0 Å². The van der Waals surface area contributed by atoms with Crippen molar-refractivity contribution in [3.63, 3.8) is 0 Å². The second-order valence-electron chi connectivity index (χ2n) is 7.59. The number of hydrogen-bond donors (Lipinski definition) is 2. The van der Waals surface area contributed by atoms with Gasteiger partial charge in [-0.3, -0.25) is 0 Å². The van der Waals surface area contributed by atoms with Crippen LogP contribution in [0.4, 0.5) is 8.78 Å². The zero-order valence-corrected chi connectivity index (χ0v) is 17.8. The Labute approximate surface area is 175 Å². The van der Waals surface area contributed by atoms with Gasteiger partial charge in [-0.05, 0) is 76.2 Å². The van der Waals surface area contributed by atoms with E-state index in [2.05, 4.69) is 10.6 Å². The van der Waals surface area contributed by atoms with Crippen molar-refractivity contribution in [3.8, 4) is 0 Å². The fourth-order valence-corrected chi connectivity index (χ4v) is 3.24. The first-order chi connectivity index (χ1) is 14.4. The molecule has 0 aliphatic carbocycles. The third kappa shape index (κ3) is 5.26. The van der Waals surface area contributed by atoms with Gasteiger partial charge in [0.25, 0.3) is 0 Å². The van der Waals surface area contributed by atoms with Crippen LogP contribution in [-0.4, -0.2) is 26.2 Å². The van der Waals surface area contributed by atoms with Crippen LogP contribution in [0.2, 0.25) is 0 Å². The summed E-state index contributed by atoms with van der Waals surface area (Å²) in [6, 6.07) is 10.8. The van der Waals surface area contributed by atoms with Gasteiger partial charge in [-0.25, -0.2) is 8.78 Å². The zero-order chi connectivity index (χ0) is 21.7. The molecule has 4 nitrogen and oxygen atoms in total. The Bertz CT molecular complexity index is 1020. The SMILES string of the molecule is CNC(C)Cc1cc2ccoc2cc1F.CNC(C)Cc1cc2ccoc2cc1F. The van der Waals surface area contributed by atoms with Gasteiger partial charge in [0.2, 0.25) is 0 Å². The van der Waals surface area contributed by atoms with Crippen LogP contribution in [0.1, 0.15) is 25.0 Å². The number of fused-ring (bicyclic) bond motifs is 2. The fraction of sp³-hybridized carbons (Fsp3) is 0.333. The third-order valence-electron chi connectivity index (χ3n) is 5.28. The highest BCUT2D eigenvalue weighted by Gasteiger charge is 2.10. The maximum absolute atomic E-state index is 13.6. The minimum Gasteiger partial charge on any atom is -0.464 e. The van der Waals surface area contributed by atoms with E-state index < -0.39 is 0 Å². The van der Waals surface area contributed by atoms with Gasteiger partial charge < -0.3 is 19.5 Å². The Balaban J connectivity index is 0.000000171. The molecule has 4 aromatic rings. The standard InChI is InChI=1S/2C12H14FNO/c2*1-8(14-2)5-10-6-9-3-4-15-12(9)7-11(10)13/h2*3-4,6-8,14H,5H2,1-2H3. The molecule has 2 heterocycles. The number of furan rings is 2. The van der Waals surface area contributed by atoms with Crippen molar-refractivity contribution in [3.05, 3.63) is 71.7 Å². The van der Waals surface area contributed by atoms with Crippen LogP contribution in [0, 0.1) is 11.6 Å². The predicted molar refractivity (Wildman–Crippen MR) is 117 cm³/mol. The molecular formula is C24H28F2N2O2. The number of rotatable bonds is 6. The maximum atomic E-state index is 13.6. The van der Waals surface area contributed by atoms with Crippen molar-refractivity contribution in [2.75, 3.05) is 14.1 Å². The summed E-state index contributed by atoms with van der Waals surface area (Å²) < 4.78 is 37.5. The minimum atomic E-state index is -0.195. The van der Waals surface area contributed by atoms with E-state index in [1.807, 2.05) is 52.2 Å². The first kappa shape index (κ1) is 22.0. The Morgan fingerprint density at radius 2 is 1.13 bits per heavy atom. The Kier molecular flexibility index (Phi) is 7.24. The molecule has 0 saturated heterocycles. The molecule has 0 radical (unpaired) electrons. The van der Waals surface area contributed by atoms with E-state index >= 15 is 0 Å². The monoisotopic (exact) mass is 414 g/mol. The zero-order valence-electron chi connectivity index (χ0n) is 17.8. The van der Waals surface area contributed by atoms with Crippen molar-refractivity contribution in [1.82, 2.24) is 10.6 Å². The second kappa shape index (κ2) is 9.87. The summed E-state index contributed by atoms with van der Waals surface area (Å²) >= 11 is 0. The van der Waals surface area contributed by atoms with Gasteiger partial charge >= 0.3 is 0 Å². The van der Waals surface area contributed by atoms with Crippen LogP contribution in [0.15, 0.2) is 57.8 Å². The minimum absolute atomic E-state index is 0.195. The topological polar surface area (TPSA) is 50.3 Å². The van der Waals surface area contributed by atoms with Gasteiger partial charge in [-0.15, -0.1) is 0 Å². The van der Waals surface area contributed by atoms with Crippen LogP contribution in [0.25, 0.3) is 21.9 Å². The van der Waals surface area contributed by atoms with Crippen LogP contribution in [0.3, 0.4) is 0 Å². The normalized spacial score (nSPS) is 13.3. The van der Waals surface area contributed by atoms with Crippen molar-refractivity contribution in [2.45, 2.75) is 38.8 Å². The van der Waals surface area contributed by atoms with E-state index in [1.54, 1.807) is 12.5 Å². The molecule has 0 aliphatic heterocycles. The molecule has 0 spiro atoms. The van der Waals surface area contributed by atoms with E-state index in [4.69, 9.17) is 8.83 Å². The second-order valence-corrected chi connectivity index (χ2v) is 7.59. The van der Waals surface area contributed by atoms with Gasteiger partial charge in [-0.2, -0.15) is 0 Å². The summed E-state index contributed by atoms with van der Waals surface area (Å²) in [5, 5.41) is 8.09. The molecule has 160 valence electrons.